The summed E-state index contributed by atoms with van der Waals surface area (Å²) in [5.41, 5.74) is 2.74. The third kappa shape index (κ3) is 2.56. The zero-order chi connectivity index (χ0) is 16.4. The van der Waals surface area contributed by atoms with Crippen molar-refractivity contribution >= 4 is 17.3 Å². The number of rotatable bonds is 5. The first kappa shape index (κ1) is 15.8. The highest BCUT2D eigenvalue weighted by Crippen LogP contribution is 2.48. The SMILES string of the molecule is CCC(CC)CC1(C)C(=O)N(c2ccccc2)c2ccccc21. The van der Waals surface area contributed by atoms with Crippen LogP contribution in [-0.4, -0.2) is 5.91 Å². The Bertz CT molecular complexity index is 690. The van der Waals surface area contributed by atoms with Gasteiger partial charge in [-0.15, -0.1) is 0 Å². The summed E-state index contributed by atoms with van der Waals surface area (Å²) in [5.74, 6) is 0.782. The summed E-state index contributed by atoms with van der Waals surface area (Å²) in [6.45, 7) is 6.56. The van der Waals surface area contributed by atoms with Crippen LogP contribution in [0.5, 0.6) is 0 Å². The number of hydrogen-bond donors (Lipinski definition) is 0. The fourth-order valence-corrected chi connectivity index (χ4v) is 3.79. The molecule has 2 aromatic carbocycles. The van der Waals surface area contributed by atoms with Crippen molar-refractivity contribution in [2.45, 2.75) is 45.4 Å². The molecule has 1 heterocycles. The molecule has 0 aromatic heterocycles. The van der Waals surface area contributed by atoms with Crippen molar-refractivity contribution in [3.05, 3.63) is 60.2 Å². The molecule has 0 bridgehead atoms. The molecule has 2 nitrogen and oxygen atoms in total. The number of carbonyl (C=O) groups excluding carboxylic acids is 1. The van der Waals surface area contributed by atoms with Gasteiger partial charge < -0.3 is 0 Å². The van der Waals surface area contributed by atoms with E-state index < -0.39 is 5.41 Å². The summed E-state index contributed by atoms with van der Waals surface area (Å²) in [6.07, 6.45) is 3.15. The van der Waals surface area contributed by atoms with Crippen LogP contribution in [-0.2, 0) is 10.2 Å². The molecular weight excluding hydrogens is 282 g/mol. The van der Waals surface area contributed by atoms with Gasteiger partial charge >= 0.3 is 0 Å². The smallest absolute Gasteiger partial charge is 0.242 e. The number of amides is 1. The second-order valence-corrected chi connectivity index (χ2v) is 6.71. The molecule has 23 heavy (non-hydrogen) atoms. The van der Waals surface area contributed by atoms with Crippen LogP contribution in [0.15, 0.2) is 54.6 Å². The monoisotopic (exact) mass is 307 g/mol. The number of nitrogens with zero attached hydrogens (tertiary/aromatic N) is 1. The van der Waals surface area contributed by atoms with E-state index in [1.165, 1.54) is 5.56 Å². The van der Waals surface area contributed by atoms with Crippen molar-refractivity contribution in [3.8, 4) is 0 Å². The second kappa shape index (κ2) is 6.19. The summed E-state index contributed by atoms with van der Waals surface area (Å²) in [5, 5.41) is 0. The molecule has 0 radical (unpaired) electrons. The molecule has 1 amide bonds. The van der Waals surface area contributed by atoms with Gasteiger partial charge in [-0.3, -0.25) is 9.69 Å². The Kier molecular flexibility index (Phi) is 4.25. The van der Waals surface area contributed by atoms with E-state index in [9.17, 15) is 4.79 Å². The molecule has 2 aromatic rings. The summed E-state index contributed by atoms with van der Waals surface area (Å²) >= 11 is 0. The van der Waals surface area contributed by atoms with Crippen LogP contribution >= 0.6 is 0 Å². The lowest BCUT2D eigenvalue weighted by Crippen LogP contribution is -2.37. The lowest BCUT2D eigenvalue weighted by atomic mass is 9.75. The topological polar surface area (TPSA) is 20.3 Å². The van der Waals surface area contributed by atoms with Gasteiger partial charge in [-0.25, -0.2) is 0 Å². The van der Waals surface area contributed by atoms with Gasteiger partial charge in [0.05, 0.1) is 11.1 Å². The number of fused-ring (bicyclic) bond motifs is 1. The minimum atomic E-state index is -0.427. The van der Waals surface area contributed by atoms with Crippen molar-refractivity contribution < 1.29 is 4.79 Å². The van der Waals surface area contributed by atoms with Crippen molar-refractivity contribution in [1.29, 1.82) is 0 Å². The van der Waals surface area contributed by atoms with E-state index in [2.05, 4.69) is 32.9 Å². The number of carbonyl (C=O) groups is 1. The Labute approximate surface area is 139 Å². The number of para-hydroxylation sites is 2. The Balaban J connectivity index is 2.08. The number of anilines is 2. The van der Waals surface area contributed by atoms with Crippen molar-refractivity contribution in [1.82, 2.24) is 0 Å². The van der Waals surface area contributed by atoms with E-state index >= 15 is 0 Å². The molecule has 0 saturated heterocycles. The molecule has 3 rings (SSSR count). The van der Waals surface area contributed by atoms with Crippen LogP contribution in [0, 0.1) is 5.92 Å². The molecule has 0 saturated carbocycles. The maximum absolute atomic E-state index is 13.4. The highest BCUT2D eigenvalue weighted by Gasteiger charge is 2.48. The first-order chi connectivity index (χ1) is 11.1. The van der Waals surface area contributed by atoms with Gasteiger partial charge in [-0.1, -0.05) is 63.1 Å². The predicted octanol–water partition coefficient (Wildman–Crippen LogP) is 5.45. The normalized spacial score (nSPS) is 20.2. The molecule has 0 aliphatic carbocycles. The first-order valence-electron chi connectivity index (χ1n) is 8.61. The van der Waals surface area contributed by atoms with Gasteiger partial charge in [0.1, 0.15) is 0 Å². The van der Waals surface area contributed by atoms with Gasteiger partial charge in [0.15, 0.2) is 0 Å². The van der Waals surface area contributed by atoms with E-state index in [0.717, 1.165) is 30.6 Å². The Hall–Kier alpha value is -2.09. The minimum absolute atomic E-state index is 0.205. The zero-order valence-corrected chi connectivity index (χ0v) is 14.3. The van der Waals surface area contributed by atoms with E-state index in [1.807, 2.05) is 47.4 Å². The second-order valence-electron chi connectivity index (χ2n) is 6.71. The van der Waals surface area contributed by atoms with Crippen LogP contribution < -0.4 is 4.90 Å². The van der Waals surface area contributed by atoms with Gasteiger partial charge in [0, 0.05) is 5.69 Å². The molecule has 0 fully saturated rings. The summed E-state index contributed by atoms with van der Waals surface area (Å²) in [4.78, 5) is 15.3. The highest BCUT2D eigenvalue weighted by atomic mass is 16.2. The van der Waals surface area contributed by atoms with Gasteiger partial charge in [0.25, 0.3) is 0 Å². The summed E-state index contributed by atoms with van der Waals surface area (Å²) in [6, 6.07) is 18.2. The average Bonchev–Trinajstić information content (AvgIpc) is 2.82. The largest absolute Gasteiger partial charge is 0.280 e. The number of benzene rings is 2. The number of hydrogen-bond acceptors (Lipinski definition) is 1. The lowest BCUT2D eigenvalue weighted by Gasteiger charge is -2.28. The predicted molar refractivity (Wildman–Crippen MR) is 96.1 cm³/mol. The van der Waals surface area contributed by atoms with E-state index in [4.69, 9.17) is 0 Å². The van der Waals surface area contributed by atoms with Crippen molar-refractivity contribution in [2.24, 2.45) is 5.92 Å². The molecule has 1 aliphatic rings. The van der Waals surface area contributed by atoms with Crippen LogP contribution in [0.4, 0.5) is 11.4 Å². The van der Waals surface area contributed by atoms with Gasteiger partial charge in [-0.05, 0) is 43.0 Å². The van der Waals surface area contributed by atoms with Crippen molar-refractivity contribution in [3.63, 3.8) is 0 Å². The summed E-state index contributed by atoms with van der Waals surface area (Å²) in [7, 11) is 0. The molecule has 0 N–H and O–H groups in total. The lowest BCUT2D eigenvalue weighted by molar-refractivity contribution is -0.122. The van der Waals surface area contributed by atoms with Crippen LogP contribution in [0.3, 0.4) is 0 Å². The highest BCUT2D eigenvalue weighted by molar-refractivity contribution is 6.12. The Morgan fingerprint density at radius 3 is 2.22 bits per heavy atom. The fraction of sp³-hybridized carbons (Fsp3) is 0.381. The third-order valence-electron chi connectivity index (χ3n) is 5.28. The molecule has 1 unspecified atom stereocenters. The molecule has 0 spiro atoms. The molecular formula is C21H25NO. The molecule has 1 aliphatic heterocycles. The van der Waals surface area contributed by atoms with Crippen LogP contribution in [0.1, 0.15) is 45.6 Å². The van der Waals surface area contributed by atoms with Crippen molar-refractivity contribution in [2.75, 3.05) is 4.90 Å². The maximum atomic E-state index is 13.4. The third-order valence-corrected chi connectivity index (χ3v) is 5.28. The minimum Gasteiger partial charge on any atom is -0.280 e. The van der Waals surface area contributed by atoms with E-state index in [1.54, 1.807) is 0 Å². The molecule has 120 valence electrons. The standard InChI is InChI=1S/C21H25NO/c1-4-16(5-2)15-21(3)18-13-9-10-14-19(18)22(20(21)23)17-11-7-6-8-12-17/h6-14,16H,4-5,15H2,1-3H3. The Morgan fingerprint density at radius 2 is 1.57 bits per heavy atom. The van der Waals surface area contributed by atoms with Gasteiger partial charge in [0.2, 0.25) is 5.91 Å². The summed E-state index contributed by atoms with van der Waals surface area (Å²) < 4.78 is 0. The fourth-order valence-electron chi connectivity index (χ4n) is 3.79. The van der Waals surface area contributed by atoms with E-state index in [-0.39, 0.29) is 5.91 Å². The van der Waals surface area contributed by atoms with Crippen LogP contribution in [0.2, 0.25) is 0 Å². The molecule has 1 atom stereocenters. The zero-order valence-electron chi connectivity index (χ0n) is 14.3. The molecule has 2 heteroatoms. The van der Waals surface area contributed by atoms with Gasteiger partial charge in [-0.2, -0.15) is 0 Å². The first-order valence-corrected chi connectivity index (χ1v) is 8.61. The maximum Gasteiger partial charge on any atom is 0.242 e. The quantitative estimate of drug-likeness (QED) is 0.719. The average molecular weight is 307 g/mol. The Morgan fingerprint density at radius 1 is 0.957 bits per heavy atom. The van der Waals surface area contributed by atoms with Crippen LogP contribution in [0.25, 0.3) is 0 Å². The van der Waals surface area contributed by atoms with E-state index in [0.29, 0.717) is 5.92 Å².